The SMILES string of the molecule is CCCNc1ccc2nncn2n1. The summed E-state index contributed by atoms with van der Waals surface area (Å²) in [5, 5.41) is 15.1. The molecule has 0 aliphatic heterocycles. The van der Waals surface area contributed by atoms with E-state index in [1.807, 2.05) is 12.1 Å². The number of anilines is 1. The highest BCUT2D eigenvalue weighted by atomic mass is 15.4. The molecule has 0 unspecified atom stereocenters. The van der Waals surface area contributed by atoms with E-state index in [0.29, 0.717) is 0 Å². The van der Waals surface area contributed by atoms with Gasteiger partial charge in [-0.2, -0.15) is 4.52 Å². The maximum atomic E-state index is 4.25. The Hall–Kier alpha value is -1.65. The Kier molecular flexibility index (Phi) is 2.08. The second-order valence-electron chi connectivity index (χ2n) is 2.78. The van der Waals surface area contributed by atoms with Crippen molar-refractivity contribution < 1.29 is 0 Å². The molecule has 0 amide bonds. The third-order valence-corrected chi connectivity index (χ3v) is 1.72. The van der Waals surface area contributed by atoms with E-state index in [9.17, 15) is 0 Å². The van der Waals surface area contributed by atoms with Crippen LogP contribution < -0.4 is 5.32 Å². The zero-order valence-corrected chi connectivity index (χ0v) is 7.44. The van der Waals surface area contributed by atoms with Gasteiger partial charge < -0.3 is 5.32 Å². The van der Waals surface area contributed by atoms with E-state index in [2.05, 4.69) is 27.5 Å². The molecule has 5 nitrogen and oxygen atoms in total. The third-order valence-electron chi connectivity index (χ3n) is 1.72. The quantitative estimate of drug-likeness (QED) is 0.758. The van der Waals surface area contributed by atoms with E-state index >= 15 is 0 Å². The van der Waals surface area contributed by atoms with Crippen molar-refractivity contribution >= 4 is 11.5 Å². The molecule has 5 heteroatoms. The number of hydrogen-bond donors (Lipinski definition) is 1. The number of rotatable bonds is 3. The Morgan fingerprint density at radius 3 is 3.23 bits per heavy atom. The van der Waals surface area contributed by atoms with E-state index in [1.165, 1.54) is 0 Å². The van der Waals surface area contributed by atoms with Gasteiger partial charge in [-0.3, -0.25) is 0 Å². The smallest absolute Gasteiger partial charge is 0.177 e. The molecule has 0 fully saturated rings. The zero-order valence-electron chi connectivity index (χ0n) is 7.44. The molecule has 1 N–H and O–H groups in total. The largest absolute Gasteiger partial charge is 0.369 e. The zero-order chi connectivity index (χ0) is 9.10. The van der Waals surface area contributed by atoms with Crippen LogP contribution in [0.2, 0.25) is 0 Å². The van der Waals surface area contributed by atoms with Crippen molar-refractivity contribution in [3.05, 3.63) is 18.5 Å². The first kappa shape index (κ1) is 7.97. The molecule has 68 valence electrons. The van der Waals surface area contributed by atoms with Crippen molar-refractivity contribution in [2.45, 2.75) is 13.3 Å². The van der Waals surface area contributed by atoms with E-state index in [0.717, 1.165) is 24.4 Å². The summed E-state index contributed by atoms with van der Waals surface area (Å²) in [5.41, 5.74) is 0.766. The first-order valence-corrected chi connectivity index (χ1v) is 4.31. The lowest BCUT2D eigenvalue weighted by atomic mass is 10.4. The van der Waals surface area contributed by atoms with E-state index in [4.69, 9.17) is 0 Å². The topological polar surface area (TPSA) is 55.1 Å². The van der Waals surface area contributed by atoms with Gasteiger partial charge in [0.25, 0.3) is 0 Å². The summed E-state index contributed by atoms with van der Waals surface area (Å²) >= 11 is 0. The van der Waals surface area contributed by atoms with Crippen LogP contribution in [0, 0.1) is 0 Å². The molecule has 0 aliphatic carbocycles. The van der Waals surface area contributed by atoms with Gasteiger partial charge in [0.1, 0.15) is 12.1 Å². The number of nitrogens with one attached hydrogen (secondary N) is 1. The Morgan fingerprint density at radius 2 is 2.38 bits per heavy atom. The second-order valence-corrected chi connectivity index (χ2v) is 2.78. The molecule has 2 aromatic heterocycles. The van der Waals surface area contributed by atoms with Crippen molar-refractivity contribution in [1.82, 2.24) is 19.8 Å². The van der Waals surface area contributed by atoms with Crippen molar-refractivity contribution in [3.8, 4) is 0 Å². The lowest BCUT2D eigenvalue weighted by Gasteiger charge is -2.02. The molecule has 0 spiro atoms. The highest BCUT2D eigenvalue weighted by Gasteiger charge is 1.97. The standard InChI is InChI=1S/C8H11N5/c1-2-5-9-7-3-4-8-11-10-6-13(8)12-7/h3-4,6H,2,5H2,1H3,(H,9,12). The van der Waals surface area contributed by atoms with Gasteiger partial charge in [0.15, 0.2) is 5.65 Å². The summed E-state index contributed by atoms with van der Waals surface area (Å²) in [6.07, 6.45) is 2.67. The van der Waals surface area contributed by atoms with Gasteiger partial charge in [0, 0.05) is 6.54 Å². The normalized spacial score (nSPS) is 10.5. The van der Waals surface area contributed by atoms with Gasteiger partial charge >= 0.3 is 0 Å². The maximum Gasteiger partial charge on any atom is 0.177 e. The molecule has 0 saturated heterocycles. The fourth-order valence-electron chi connectivity index (χ4n) is 1.08. The second kappa shape index (κ2) is 3.38. The van der Waals surface area contributed by atoms with Crippen molar-refractivity contribution in [2.24, 2.45) is 0 Å². The van der Waals surface area contributed by atoms with Crippen LogP contribution in [-0.4, -0.2) is 26.4 Å². The molecule has 2 aromatic rings. The highest BCUT2D eigenvalue weighted by Crippen LogP contribution is 2.03. The number of nitrogens with zero attached hydrogens (tertiary/aromatic N) is 4. The number of fused-ring (bicyclic) bond motifs is 1. The fourth-order valence-corrected chi connectivity index (χ4v) is 1.08. The molecule has 0 radical (unpaired) electrons. The van der Waals surface area contributed by atoms with Gasteiger partial charge in [-0.15, -0.1) is 15.3 Å². The minimum absolute atomic E-state index is 0.766. The Labute approximate surface area is 75.8 Å². The van der Waals surface area contributed by atoms with Crippen molar-refractivity contribution in [1.29, 1.82) is 0 Å². The van der Waals surface area contributed by atoms with Gasteiger partial charge in [-0.25, -0.2) is 0 Å². The number of hydrogen-bond acceptors (Lipinski definition) is 4. The van der Waals surface area contributed by atoms with Crippen LogP contribution in [0.4, 0.5) is 5.82 Å². The Morgan fingerprint density at radius 1 is 1.46 bits per heavy atom. The van der Waals surface area contributed by atoms with Gasteiger partial charge in [0.2, 0.25) is 0 Å². The Bertz CT molecular complexity index is 394. The van der Waals surface area contributed by atoms with Crippen LogP contribution in [0.5, 0.6) is 0 Å². The van der Waals surface area contributed by atoms with Crippen LogP contribution in [-0.2, 0) is 0 Å². The Balaban J connectivity index is 2.26. The average molecular weight is 177 g/mol. The predicted octanol–water partition coefficient (Wildman–Crippen LogP) is 0.946. The molecule has 13 heavy (non-hydrogen) atoms. The molecule has 0 aliphatic rings. The summed E-state index contributed by atoms with van der Waals surface area (Å²) in [5.74, 6) is 0.856. The van der Waals surface area contributed by atoms with E-state index in [-0.39, 0.29) is 0 Å². The van der Waals surface area contributed by atoms with Crippen LogP contribution in [0.15, 0.2) is 18.5 Å². The summed E-state index contributed by atoms with van der Waals surface area (Å²) < 4.78 is 1.65. The predicted molar refractivity (Wildman–Crippen MR) is 49.6 cm³/mol. The summed E-state index contributed by atoms with van der Waals surface area (Å²) in [7, 11) is 0. The van der Waals surface area contributed by atoms with Crippen LogP contribution in [0.3, 0.4) is 0 Å². The van der Waals surface area contributed by atoms with Gasteiger partial charge in [0.05, 0.1) is 0 Å². The summed E-state index contributed by atoms with van der Waals surface area (Å²) in [6.45, 7) is 3.05. The number of aromatic nitrogens is 4. The van der Waals surface area contributed by atoms with Gasteiger partial charge in [-0.05, 0) is 18.6 Å². The van der Waals surface area contributed by atoms with Gasteiger partial charge in [-0.1, -0.05) is 6.92 Å². The molecule has 0 saturated carbocycles. The highest BCUT2D eigenvalue weighted by molar-refractivity contribution is 5.42. The first-order valence-electron chi connectivity index (χ1n) is 4.31. The van der Waals surface area contributed by atoms with E-state index in [1.54, 1.807) is 10.8 Å². The molecule has 0 bridgehead atoms. The first-order chi connectivity index (χ1) is 6.40. The molecule has 0 aromatic carbocycles. The fraction of sp³-hybridized carbons (Fsp3) is 0.375. The molecule has 0 atom stereocenters. The molecule has 2 heterocycles. The van der Waals surface area contributed by atoms with Crippen molar-refractivity contribution in [2.75, 3.05) is 11.9 Å². The summed E-state index contributed by atoms with van der Waals surface area (Å²) in [6, 6.07) is 3.79. The molecular weight excluding hydrogens is 166 g/mol. The third kappa shape index (κ3) is 1.58. The van der Waals surface area contributed by atoms with Crippen LogP contribution >= 0.6 is 0 Å². The van der Waals surface area contributed by atoms with Crippen LogP contribution in [0.25, 0.3) is 5.65 Å². The maximum absolute atomic E-state index is 4.25. The van der Waals surface area contributed by atoms with E-state index < -0.39 is 0 Å². The minimum atomic E-state index is 0.766. The monoisotopic (exact) mass is 177 g/mol. The molecule has 2 rings (SSSR count). The minimum Gasteiger partial charge on any atom is -0.369 e. The van der Waals surface area contributed by atoms with Crippen LogP contribution in [0.1, 0.15) is 13.3 Å². The average Bonchev–Trinajstić information content (AvgIpc) is 2.61. The van der Waals surface area contributed by atoms with Crippen molar-refractivity contribution in [3.63, 3.8) is 0 Å². The molecular formula is C8H11N5. The lowest BCUT2D eigenvalue weighted by Crippen LogP contribution is -2.03. The lowest BCUT2D eigenvalue weighted by molar-refractivity contribution is 0.900. The summed E-state index contributed by atoms with van der Waals surface area (Å²) in [4.78, 5) is 0.